The Bertz CT molecular complexity index is 1110. The second-order valence-electron chi connectivity index (χ2n) is 7.65. The molecule has 6 nitrogen and oxygen atoms in total. The van der Waals surface area contributed by atoms with E-state index in [0.29, 0.717) is 29.6 Å². The summed E-state index contributed by atoms with van der Waals surface area (Å²) >= 11 is 6.10. The average Bonchev–Trinajstić information content (AvgIpc) is 3.41. The number of hydrogen-bond donors (Lipinski definition) is 1. The molecule has 1 aliphatic rings. The fourth-order valence-corrected chi connectivity index (χ4v) is 3.84. The number of carbonyl (C=O) groups is 2. The predicted molar refractivity (Wildman–Crippen MR) is 120 cm³/mol. The molecular formula is C24H23ClN4O2. The number of H-pyrrole nitrogens is 1. The maximum atomic E-state index is 12.9. The van der Waals surface area contributed by atoms with E-state index >= 15 is 0 Å². The van der Waals surface area contributed by atoms with Gasteiger partial charge in [-0.2, -0.15) is 5.10 Å². The van der Waals surface area contributed by atoms with Crippen molar-refractivity contribution in [1.29, 1.82) is 0 Å². The minimum atomic E-state index is -0.348. The molecule has 1 N–H and O–H groups in total. The fraction of sp³-hybridized carbons (Fsp3) is 0.250. The number of nitrogens with one attached hydrogen (secondary N) is 1. The summed E-state index contributed by atoms with van der Waals surface area (Å²) in [5, 5.41) is 7.86. The van der Waals surface area contributed by atoms with Crippen molar-refractivity contribution in [2.45, 2.75) is 25.7 Å². The first-order chi connectivity index (χ1) is 15.0. The standard InChI is InChI=1S/C24H23ClN4O2/c1-16-26-24(28-27-16)19(14-23(31)29-12-11-21(30)15-29)13-22(17-5-3-2-4-6-17)18-7-9-20(25)10-8-18/h2-10,13,19H,11-12,14-15H2,1H3,(H,26,27,28). The molecule has 1 atom stereocenters. The second-order valence-corrected chi connectivity index (χ2v) is 8.08. The molecule has 1 fully saturated rings. The minimum absolute atomic E-state index is 0.0712. The maximum absolute atomic E-state index is 12.9. The highest BCUT2D eigenvalue weighted by molar-refractivity contribution is 6.30. The first kappa shape index (κ1) is 21.0. The molecule has 2 heterocycles. The highest BCUT2D eigenvalue weighted by atomic mass is 35.5. The van der Waals surface area contributed by atoms with E-state index in [9.17, 15) is 9.59 Å². The molecule has 0 bridgehead atoms. The SMILES string of the molecule is Cc1nc(C(C=C(c2ccccc2)c2ccc(Cl)cc2)CC(=O)N2CCC(=O)C2)n[nH]1. The molecule has 1 amide bonds. The van der Waals surface area contributed by atoms with E-state index in [1.54, 1.807) is 4.90 Å². The summed E-state index contributed by atoms with van der Waals surface area (Å²) in [5.41, 5.74) is 2.97. The van der Waals surface area contributed by atoms with Crippen LogP contribution in [0.5, 0.6) is 0 Å². The molecule has 1 aromatic heterocycles. The van der Waals surface area contributed by atoms with Gasteiger partial charge < -0.3 is 4.90 Å². The van der Waals surface area contributed by atoms with Crippen molar-refractivity contribution in [2.24, 2.45) is 0 Å². The minimum Gasteiger partial charge on any atom is -0.335 e. The Labute approximate surface area is 186 Å². The summed E-state index contributed by atoms with van der Waals surface area (Å²) in [7, 11) is 0. The zero-order chi connectivity index (χ0) is 21.8. The summed E-state index contributed by atoms with van der Waals surface area (Å²) in [6, 6.07) is 17.6. The maximum Gasteiger partial charge on any atom is 0.224 e. The lowest BCUT2D eigenvalue weighted by molar-refractivity contribution is -0.131. The molecule has 2 aromatic carbocycles. The number of allylic oxidation sites excluding steroid dienone is 1. The lowest BCUT2D eigenvalue weighted by atomic mass is 9.92. The lowest BCUT2D eigenvalue weighted by Crippen LogP contribution is -2.30. The molecule has 1 unspecified atom stereocenters. The average molecular weight is 435 g/mol. The lowest BCUT2D eigenvalue weighted by Gasteiger charge is -2.18. The van der Waals surface area contributed by atoms with E-state index in [-0.39, 0.29) is 30.6 Å². The normalized spacial score (nSPS) is 15.4. The van der Waals surface area contributed by atoms with Gasteiger partial charge >= 0.3 is 0 Å². The van der Waals surface area contributed by atoms with Crippen LogP contribution in [0.3, 0.4) is 0 Å². The van der Waals surface area contributed by atoms with Crippen molar-refractivity contribution >= 4 is 28.9 Å². The summed E-state index contributed by atoms with van der Waals surface area (Å²) in [4.78, 5) is 30.7. The van der Waals surface area contributed by atoms with E-state index in [4.69, 9.17) is 11.6 Å². The zero-order valence-electron chi connectivity index (χ0n) is 17.2. The van der Waals surface area contributed by atoms with Gasteiger partial charge in [0, 0.05) is 30.3 Å². The number of benzene rings is 2. The third-order valence-electron chi connectivity index (χ3n) is 5.33. The molecule has 0 spiro atoms. The summed E-state index contributed by atoms with van der Waals surface area (Å²) in [5.74, 6) is 0.918. The van der Waals surface area contributed by atoms with Crippen molar-refractivity contribution in [1.82, 2.24) is 20.1 Å². The fourth-order valence-electron chi connectivity index (χ4n) is 3.72. The Morgan fingerprint density at radius 2 is 1.87 bits per heavy atom. The van der Waals surface area contributed by atoms with Gasteiger partial charge in [-0.3, -0.25) is 14.7 Å². The van der Waals surface area contributed by atoms with E-state index < -0.39 is 0 Å². The van der Waals surface area contributed by atoms with Crippen molar-refractivity contribution in [3.63, 3.8) is 0 Å². The molecular weight excluding hydrogens is 412 g/mol. The number of amides is 1. The summed E-state index contributed by atoms with van der Waals surface area (Å²) in [6.07, 6.45) is 2.65. The Balaban J connectivity index is 1.74. The van der Waals surface area contributed by atoms with Crippen LogP contribution in [0.25, 0.3) is 5.57 Å². The second kappa shape index (κ2) is 9.27. The van der Waals surface area contributed by atoms with Gasteiger partial charge in [-0.1, -0.05) is 60.1 Å². The van der Waals surface area contributed by atoms with Crippen LogP contribution in [-0.4, -0.2) is 44.9 Å². The first-order valence-electron chi connectivity index (χ1n) is 10.2. The number of rotatable bonds is 6. The van der Waals surface area contributed by atoms with Gasteiger partial charge in [0.2, 0.25) is 5.91 Å². The largest absolute Gasteiger partial charge is 0.335 e. The monoisotopic (exact) mass is 434 g/mol. The molecule has 31 heavy (non-hydrogen) atoms. The van der Waals surface area contributed by atoms with Crippen LogP contribution in [0, 0.1) is 6.92 Å². The van der Waals surface area contributed by atoms with Gasteiger partial charge in [0.25, 0.3) is 0 Å². The predicted octanol–water partition coefficient (Wildman–Crippen LogP) is 4.17. The third kappa shape index (κ3) is 5.09. The molecule has 0 aliphatic carbocycles. The van der Waals surface area contributed by atoms with Crippen LogP contribution >= 0.6 is 11.6 Å². The number of carbonyl (C=O) groups excluding carboxylic acids is 2. The topological polar surface area (TPSA) is 79.0 Å². The van der Waals surface area contributed by atoms with Gasteiger partial charge in [-0.25, -0.2) is 4.98 Å². The van der Waals surface area contributed by atoms with E-state index in [2.05, 4.69) is 15.2 Å². The summed E-state index contributed by atoms with van der Waals surface area (Å²) < 4.78 is 0. The number of Topliss-reactive ketones (excluding diaryl/α,β-unsaturated/α-hetero) is 1. The van der Waals surface area contributed by atoms with Crippen molar-refractivity contribution in [2.75, 3.05) is 13.1 Å². The highest BCUT2D eigenvalue weighted by Crippen LogP contribution is 2.30. The molecule has 4 rings (SSSR count). The Kier molecular flexibility index (Phi) is 6.28. The number of likely N-dealkylation sites (tertiary alicyclic amines) is 1. The van der Waals surface area contributed by atoms with E-state index in [0.717, 1.165) is 16.7 Å². The number of aryl methyl sites for hydroxylation is 1. The Morgan fingerprint density at radius 1 is 1.16 bits per heavy atom. The van der Waals surface area contributed by atoms with E-state index in [1.165, 1.54) is 0 Å². The van der Waals surface area contributed by atoms with Gasteiger partial charge in [0.15, 0.2) is 11.6 Å². The third-order valence-corrected chi connectivity index (χ3v) is 5.58. The number of ketones is 1. The molecule has 0 radical (unpaired) electrons. The molecule has 1 saturated heterocycles. The van der Waals surface area contributed by atoms with Gasteiger partial charge in [0.1, 0.15) is 5.82 Å². The number of halogens is 1. The van der Waals surface area contributed by atoms with Crippen LogP contribution < -0.4 is 0 Å². The number of hydrogen-bond acceptors (Lipinski definition) is 4. The molecule has 0 saturated carbocycles. The molecule has 3 aromatic rings. The van der Waals surface area contributed by atoms with Crippen LogP contribution in [0.15, 0.2) is 60.7 Å². The van der Waals surface area contributed by atoms with Crippen LogP contribution in [0.4, 0.5) is 0 Å². The summed E-state index contributed by atoms with van der Waals surface area (Å²) in [6.45, 7) is 2.49. The highest BCUT2D eigenvalue weighted by Gasteiger charge is 2.27. The van der Waals surface area contributed by atoms with Gasteiger partial charge in [-0.05, 0) is 35.8 Å². The molecule has 7 heteroatoms. The smallest absolute Gasteiger partial charge is 0.224 e. The van der Waals surface area contributed by atoms with Crippen LogP contribution in [-0.2, 0) is 9.59 Å². The number of aromatic nitrogens is 3. The quantitative estimate of drug-likeness (QED) is 0.631. The van der Waals surface area contributed by atoms with Gasteiger partial charge in [0.05, 0.1) is 6.54 Å². The van der Waals surface area contributed by atoms with E-state index in [1.807, 2.05) is 67.6 Å². The Hall–Kier alpha value is -3.25. The zero-order valence-corrected chi connectivity index (χ0v) is 18.0. The first-order valence-corrected chi connectivity index (χ1v) is 10.6. The van der Waals surface area contributed by atoms with Crippen molar-refractivity contribution < 1.29 is 9.59 Å². The van der Waals surface area contributed by atoms with Crippen LogP contribution in [0.1, 0.15) is 41.5 Å². The molecule has 158 valence electrons. The van der Waals surface area contributed by atoms with Gasteiger partial charge in [-0.15, -0.1) is 0 Å². The van der Waals surface area contributed by atoms with Crippen molar-refractivity contribution in [3.8, 4) is 0 Å². The number of nitrogens with zero attached hydrogens (tertiary/aromatic N) is 3. The number of aromatic amines is 1. The van der Waals surface area contributed by atoms with Crippen molar-refractivity contribution in [3.05, 3.63) is 88.5 Å². The van der Waals surface area contributed by atoms with Crippen LogP contribution in [0.2, 0.25) is 5.02 Å². The molecule has 1 aliphatic heterocycles. The Morgan fingerprint density at radius 3 is 2.48 bits per heavy atom.